The average Bonchev–Trinajstić information content (AvgIpc) is 2.69. The number of hydrogen-bond acceptors (Lipinski definition) is 1. The first-order valence-electron chi connectivity index (χ1n) is 6.30. The van der Waals surface area contributed by atoms with Crippen LogP contribution in [0.2, 0.25) is 0 Å². The van der Waals surface area contributed by atoms with Gasteiger partial charge in [-0.2, -0.15) is 0 Å². The monoisotopic (exact) mass is 299 g/mol. The van der Waals surface area contributed by atoms with Crippen molar-refractivity contribution in [1.29, 1.82) is 0 Å². The average molecular weight is 300 g/mol. The van der Waals surface area contributed by atoms with Crippen molar-refractivity contribution in [3.8, 4) is 0 Å². The zero-order valence-corrected chi connectivity index (χ0v) is 11.8. The summed E-state index contributed by atoms with van der Waals surface area (Å²) in [5.41, 5.74) is 2.40. The molecule has 0 aromatic heterocycles. The molecule has 0 amide bonds. The van der Waals surface area contributed by atoms with Gasteiger partial charge in [-0.05, 0) is 42.9 Å². The third-order valence-corrected chi connectivity index (χ3v) is 3.99. The molecule has 1 aromatic carbocycles. The predicted molar refractivity (Wildman–Crippen MR) is 74.5 cm³/mol. The minimum absolute atomic E-state index is 0.121. The maximum absolute atomic E-state index is 13.2. The molecule has 1 nitrogen and oxygen atoms in total. The Morgan fingerprint density at radius 1 is 1.41 bits per heavy atom. The standard InChI is InChI=1S/C14H19BrFN/c1-11(4-7-15)5-8-17-9-6-12-2-3-13(16)10-14(12)17/h2-3,10-11H,4-9H2,1H3. The second kappa shape index (κ2) is 5.85. The molecule has 1 aromatic rings. The molecule has 0 bridgehead atoms. The summed E-state index contributed by atoms with van der Waals surface area (Å²) in [6.45, 7) is 4.37. The number of hydrogen-bond donors (Lipinski definition) is 0. The Labute approximate surface area is 111 Å². The van der Waals surface area contributed by atoms with Crippen molar-refractivity contribution in [3.05, 3.63) is 29.6 Å². The van der Waals surface area contributed by atoms with Crippen LogP contribution in [-0.2, 0) is 6.42 Å². The summed E-state index contributed by atoms with van der Waals surface area (Å²) >= 11 is 3.48. The molecule has 1 unspecified atom stereocenters. The molecule has 17 heavy (non-hydrogen) atoms. The van der Waals surface area contributed by atoms with Gasteiger partial charge in [0.15, 0.2) is 0 Å². The van der Waals surface area contributed by atoms with E-state index in [2.05, 4.69) is 27.8 Å². The maximum Gasteiger partial charge on any atom is 0.125 e. The van der Waals surface area contributed by atoms with Gasteiger partial charge in [-0.1, -0.05) is 28.9 Å². The molecule has 1 heterocycles. The maximum atomic E-state index is 13.2. The van der Waals surface area contributed by atoms with Gasteiger partial charge in [0.25, 0.3) is 0 Å². The van der Waals surface area contributed by atoms with Crippen molar-refractivity contribution in [2.75, 3.05) is 23.3 Å². The number of anilines is 1. The fourth-order valence-corrected chi connectivity index (χ4v) is 3.14. The molecule has 94 valence electrons. The van der Waals surface area contributed by atoms with Crippen LogP contribution in [0.1, 0.15) is 25.3 Å². The highest BCUT2D eigenvalue weighted by molar-refractivity contribution is 9.09. The second-order valence-corrected chi connectivity index (χ2v) is 5.67. The molecule has 0 radical (unpaired) electrons. The lowest BCUT2D eigenvalue weighted by atomic mass is 10.1. The van der Waals surface area contributed by atoms with Crippen LogP contribution in [-0.4, -0.2) is 18.4 Å². The highest BCUT2D eigenvalue weighted by Crippen LogP contribution is 2.29. The molecule has 0 aliphatic carbocycles. The van der Waals surface area contributed by atoms with Gasteiger partial charge in [-0.3, -0.25) is 0 Å². The van der Waals surface area contributed by atoms with Crippen LogP contribution in [0, 0.1) is 11.7 Å². The van der Waals surface area contributed by atoms with Crippen LogP contribution in [0.3, 0.4) is 0 Å². The van der Waals surface area contributed by atoms with E-state index in [1.165, 1.54) is 18.4 Å². The largest absolute Gasteiger partial charge is 0.371 e. The van der Waals surface area contributed by atoms with Crippen LogP contribution < -0.4 is 4.90 Å². The normalized spacial score (nSPS) is 16.1. The molecule has 1 aliphatic heterocycles. The SMILES string of the molecule is CC(CCBr)CCN1CCc2ccc(F)cc21. The van der Waals surface area contributed by atoms with Gasteiger partial charge in [0, 0.05) is 24.1 Å². The van der Waals surface area contributed by atoms with Gasteiger partial charge < -0.3 is 4.90 Å². The second-order valence-electron chi connectivity index (χ2n) is 4.88. The van der Waals surface area contributed by atoms with Gasteiger partial charge in [0.1, 0.15) is 5.82 Å². The van der Waals surface area contributed by atoms with Gasteiger partial charge in [0.2, 0.25) is 0 Å². The van der Waals surface area contributed by atoms with Crippen LogP contribution >= 0.6 is 15.9 Å². The molecular formula is C14H19BrFN. The van der Waals surface area contributed by atoms with Crippen LogP contribution in [0.5, 0.6) is 0 Å². The summed E-state index contributed by atoms with van der Waals surface area (Å²) in [5, 5.41) is 1.07. The Hall–Kier alpha value is -0.570. The van der Waals surface area contributed by atoms with Crippen molar-refractivity contribution in [1.82, 2.24) is 0 Å². The first-order valence-corrected chi connectivity index (χ1v) is 7.42. The number of nitrogens with zero attached hydrogens (tertiary/aromatic N) is 1. The number of fused-ring (bicyclic) bond motifs is 1. The van der Waals surface area contributed by atoms with Crippen molar-refractivity contribution in [2.24, 2.45) is 5.92 Å². The van der Waals surface area contributed by atoms with Gasteiger partial charge in [0.05, 0.1) is 0 Å². The fourth-order valence-electron chi connectivity index (χ4n) is 2.36. The Balaban J connectivity index is 1.95. The molecule has 3 heteroatoms. The van der Waals surface area contributed by atoms with Crippen molar-refractivity contribution in [3.63, 3.8) is 0 Å². The lowest BCUT2D eigenvalue weighted by Crippen LogP contribution is -2.23. The molecule has 0 spiro atoms. The van der Waals surface area contributed by atoms with E-state index in [0.717, 1.165) is 36.4 Å². The molecule has 2 rings (SSSR count). The Morgan fingerprint density at radius 3 is 3.00 bits per heavy atom. The highest BCUT2D eigenvalue weighted by atomic mass is 79.9. The number of alkyl halides is 1. The van der Waals surface area contributed by atoms with Gasteiger partial charge in [-0.15, -0.1) is 0 Å². The van der Waals surface area contributed by atoms with E-state index in [1.807, 2.05) is 6.07 Å². The lowest BCUT2D eigenvalue weighted by molar-refractivity contribution is 0.518. The van der Waals surface area contributed by atoms with Crippen molar-refractivity contribution < 1.29 is 4.39 Å². The third kappa shape index (κ3) is 3.21. The minimum atomic E-state index is -0.121. The molecule has 0 N–H and O–H groups in total. The predicted octanol–water partition coefficient (Wildman–Crippen LogP) is 4.00. The zero-order chi connectivity index (χ0) is 12.3. The highest BCUT2D eigenvalue weighted by Gasteiger charge is 2.19. The van der Waals surface area contributed by atoms with E-state index in [9.17, 15) is 4.39 Å². The Kier molecular flexibility index (Phi) is 4.43. The summed E-state index contributed by atoms with van der Waals surface area (Å²) in [4.78, 5) is 2.32. The number of benzene rings is 1. The molecule has 1 aliphatic rings. The molecule has 1 atom stereocenters. The molecule has 0 saturated heterocycles. The first-order chi connectivity index (χ1) is 8.20. The van der Waals surface area contributed by atoms with E-state index in [1.54, 1.807) is 12.1 Å². The molecular weight excluding hydrogens is 281 g/mol. The Morgan fingerprint density at radius 2 is 2.24 bits per heavy atom. The third-order valence-electron chi connectivity index (χ3n) is 3.53. The Bertz CT molecular complexity index is 380. The van der Waals surface area contributed by atoms with E-state index in [0.29, 0.717) is 0 Å². The fraction of sp³-hybridized carbons (Fsp3) is 0.571. The van der Waals surface area contributed by atoms with E-state index in [4.69, 9.17) is 0 Å². The van der Waals surface area contributed by atoms with Gasteiger partial charge >= 0.3 is 0 Å². The van der Waals surface area contributed by atoms with Crippen molar-refractivity contribution in [2.45, 2.75) is 26.2 Å². The van der Waals surface area contributed by atoms with E-state index in [-0.39, 0.29) is 5.82 Å². The van der Waals surface area contributed by atoms with Crippen LogP contribution in [0.25, 0.3) is 0 Å². The summed E-state index contributed by atoms with van der Waals surface area (Å²) < 4.78 is 13.2. The van der Waals surface area contributed by atoms with Crippen LogP contribution in [0.4, 0.5) is 10.1 Å². The van der Waals surface area contributed by atoms with Gasteiger partial charge in [-0.25, -0.2) is 4.39 Å². The first kappa shape index (κ1) is 12.9. The van der Waals surface area contributed by atoms with Crippen molar-refractivity contribution >= 4 is 21.6 Å². The molecule has 0 saturated carbocycles. The topological polar surface area (TPSA) is 3.24 Å². The smallest absolute Gasteiger partial charge is 0.125 e. The summed E-state index contributed by atoms with van der Waals surface area (Å²) in [6, 6.07) is 5.17. The zero-order valence-electron chi connectivity index (χ0n) is 10.3. The molecule has 0 fully saturated rings. The summed E-state index contributed by atoms with van der Waals surface area (Å²) in [7, 11) is 0. The summed E-state index contributed by atoms with van der Waals surface area (Å²) in [6.07, 6.45) is 3.45. The number of halogens is 2. The van der Waals surface area contributed by atoms with E-state index >= 15 is 0 Å². The minimum Gasteiger partial charge on any atom is -0.371 e. The number of rotatable bonds is 5. The lowest BCUT2D eigenvalue weighted by Gasteiger charge is -2.21. The van der Waals surface area contributed by atoms with E-state index < -0.39 is 0 Å². The quantitative estimate of drug-likeness (QED) is 0.743. The van der Waals surface area contributed by atoms with Crippen LogP contribution in [0.15, 0.2) is 18.2 Å². The summed E-state index contributed by atoms with van der Waals surface area (Å²) in [5.74, 6) is 0.608.